The molecule has 1 unspecified atom stereocenters. The lowest BCUT2D eigenvalue weighted by molar-refractivity contribution is 0.694. The van der Waals surface area contributed by atoms with Crippen LogP contribution in [0.3, 0.4) is 0 Å². The Bertz CT molecular complexity index is 312. The number of benzene rings is 1. The summed E-state index contributed by atoms with van der Waals surface area (Å²) in [4.78, 5) is 0. The lowest BCUT2D eigenvalue weighted by Gasteiger charge is -2.14. The zero-order valence-electron chi connectivity index (χ0n) is 8.18. The van der Waals surface area contributed by atoms with Crippen LogP contribution in [0.5, 0.6) is 0 Å². The van der Waals surface area contributed by atoms with Gasteiger partial charge in [0.1, 0.15) is 0 Å². The molecule has 0 saturated heterocycles. The van der Waals surface area contributed by atoms with E-state index in [4.69, 9.17) is 28.9 Å². The normalized spacial score (nSPS) is 12.1. The van der Waals surface area contributed by atoms with Crippen molar-refractivity contribution in [3.8, 4) is 0 Å². The van der Waals surface area contributed by atoms with Crippen molar-refractivity contribution in [2.75, 3.05) is 0 Å². The molecule has 0 spiro atoms. The van der Waals surface area contributed by atoms with Crippen LogP contribution in [0, 0.1) is 6.92 Å². The van der Waals surface area contributed by atoms with Crippen LogP contribution in [-0.4, -0.2) is 0 Å². The largest absolute Gasteiger partial charge is 0.324 e. The Balaban J connectivity index is 0.00000169. The molecule has 0 fully saturated rings. The maximum atomic E-state index is 6.00. The molecular weight excluding hydrogens is 240 g/mol. The highest BCUT2D eigenvalue weighted by molar-refractivity contribution is 6.42. The highest BCUT2D eigenvalue weighted by Crippen LogP contribution is 2.30. The van der Waals surface area contributed by atoms with Crippen LogP contribution >= 0.6 is 35.6 Å². The van der Waals surface area contributed by atoms with E-state index >= 15 is 0 Å². The highest BCUT2D eigenvalue weighted by atomic mass is 35.5. The molecule has 0 aliphatic rings. The molecule has 4 heteroatoms. The first kappa shape index (κ1) is 14.1. The Kier molecular flexibility index (Phi) is 5.84. The monoisotopic (exact) mass is 253 g/mol. The summed E-state index contributed by atoms with van der Waals surface area (Å²) in [5, 5.41) is 1.20. The van der Waals surface area contributed by atoms with E-state index in [2.05, 4.69) is 0 Å². The van der Waals surface area contributed by atoms with E-state index in [9.17, 15) is 0 Å². The van der Waals surface area contributed by atoms with Crippen molar-refractivity contribution in [2.24, 2.45) is 5.73 Å². The number of hydrogen-bond donors (Lipinski definition) is 1. The standard InChI is InChI=1S/C10H13Cl2N.ClH/c1-3-9(13)7-4-5-8(11)10(12)6(7)2;/h4-5,9H,3,13H2,1-2H3;1H. The third-order valence-electron chi connectivity index (χ3n) is 2.22. The second-order valence-electron chi connectivity index (χ2n) is 3.09. The molecule has 14 heavy (non-hydrogen) atoms. The van der Waals surface area contributed by atoms with Gasteiger partial charge in [0.25, 0.3) is 0 Å². The Morgan fingerprint density at radius 1 is 1.36 bits per heavy atom. The Morgan fingerprint density at radius 2 is 1.93 bits per heavy atom. The highest BCUT2D eigenvalue weighted by Gasteiger charge is 2.10. The SMILES string of the molecule is CCC(N)c1ccc(Cl)c(Cl)c1C.Cl. The number of halogens is 3. The smallest absolute Gasteiger partial charge is 0.0624 e. The molecular formula is C10H14Cl3N. The molecule has 1 aromatic carbocycles. The molecule has 80 valence electrons. The van der Waals surface area contributed by atoms with E-state index in [0.29, 0.717) is 10.0 Å². The van der Waals surface area contributed by atoms with Crippen molar-refractivity contribution in [1.82, 2.24) is 0 Å². The van der Waals surface area contributed by atoms with Crippen molar-refractivity contribution in [3.05, 3.63) is 33.3 Å². The predicted octanol–water partition coefficient (Wildman–Crippen LogP) is 4.13. The second kappa shape index (κ2) is 5.82. The van der Waals surface area contributed by atoms with Crippen molar-refractivity contribution >= 4 is 35.6 Å². The minimum absolute atomic E-state index is 0. The van der Waals surface area contributed by atoms with Crippen molar-refractivity contribution < 1.29 is 0 Å². The fraction of sp³-hybridized carbons (Fsp3) is 0.400. The van der Waals surface area contributed by atoms with Crippen molar-refractivity contribution in [3.63, 3.8) is 0 Å². The molecule has 0 radical (unpaired) electrons. The number of nitrogens with two attached hydrogens (primary N) is 1. The van der Waals surface area contributed by atoms with Gasteiger partial charge in [-0.2, -0.15) is 0 Å². The van der Waals surface area contributed by atoms with Crippen molar-refractivity contribution in [2.45, 2.75) is 26.3 Å². The lowest BCUT2D eigenvalue weighted by Crippen LogP contribution is -2.10. The minimum Gasteiger partial charge on any atom is -0.324 e. The van der Waals surface area contributed by atoms with Gasteiger partial charge >= 0.3 is 0 Å². The molecule has 0 aliphatic carbocycles. The van der Waals surface area contributed by atoms with E-state index in [1.165, 1.54) is 0 Å². The van der Waals surface area contributed by atoms with Crippen LogP contribution in [0.2, 0.25) is 10.0 Å². The number of hydrogen-bond acceptors (Lipinski definition) is 1. The van der Waals surface area contributed by atoms with Crippen LogP contribution in [0.4, 0.5) is 0 Å². The molecule has 1 nitrogen and oxygen atoms in total. The van der Waals surface area contributed by atoms with Gasteiger partial charge in [-0.25, -0.2) is 0 Å². The van der Waals surface area contributed by atoms with Gasteiger partial charge in [-0.05, 0) is 30.5 Å². The first-order valence-corrected chi connectivity index (χ1v) is 5.03. The molecule has 1 rings (SSSR count). The van der Waals surface area contributed by atoms with E-state index < -0.39 is 0 Å². The van der Waals surface area contributed by atoms with Gasteiger partial charge in [0.05, 0.1) is 10.0 Å². The molecule has 0 amide bonds. The van der Waals surface area contributed by atoms with Gasteiger partial charge in [-0.3, -0.25) is 0 Å². The number of rotatable bonds is 2. The molecule has 2 N–H and O–H groups in total. The second-order valence-corrected chi connectivity index (χ2v) is 3.88. The first-order chi connectivity index (χ1) is 6.07. The van der Waals surface area contributed by atoms with Gasteiger partial charge in [-0.15, -0.1) is 12.4 Å². The zero-order valence-corrected chi connectivity index (χ0v) is 10.5. The molecule has 1 aromatic rings. The molecule has 0 saturated carbocycles. The lowest BCUT2D eigenvalue weighted by atomic mass is 10.0. The first-order valence-electron chi connectivity index (χ1n) is 4.28. The summed E-state index contributed by atoms with van der Waals surface area (Å²) < 4.78 is 0. The van der Waals surface area contributed by atoms with Gasteiger partial charge in [0, 0.05) is 6.04 Å². The molecule has 0 aliphatic heterocycles. The van der Waals surface area contributed by atoms with Gasteiger partial charge in [0.15, 0.2) is 0 Å². The molecule has 0 heterocycles. The third-order valence-corrected chi connectivity index (χ3v) is 3.12. The summed E-state index contributed by atoms with van der Waals surface area (Å²) in [6.07, 6.45) is 0.902. The summed E-state index contributed by atoms with van der Waals surface area (Å²) in [5.74, 6) is 0. The van der Waals surface area contributed by atoms with Gasteiger partial charge in [0.2, 0.25) is 0 Å². The maximum Gasteiger partial charge on any atom is 0.0624 e. The van der Waals surface area contributed by atoms with Gasteiger partial charge in [-0.1, -0.05) is 36.2 Å². The summed E-state index contributed by atoms with van der Waals surface area (Å²) in [5.41, 5.74) is 7.98. The van der Waals surface area contributed by atoms with E-state index in [1.807, 2.05) is 19.9 Å². The third kappa shape index (κ3) is 2.77. The molecule has 0 bridgehead atoms. The van der Waals surface area contributed by atoms with Crippen LogP contribution in [0.25, 0.3) is 0 Å². The minimum atomic E-state index is 0. The van der Waals surface area contributed by atoms with Crippen LogP contribution < -0.4 is 5.73 Å². The average molecular weight is 255 g/mol. The van der Waals surface area contributed by atoms with Crippen LogP contribution in [-0.2, 0) is 0 Å². The Hall–Kier alpha value is 0.0500. The van der Waals surface area contributed by atoms with E-state index in [1.54, 1.807) is 6.07 Å². The van der Waals surface area contributed by atoms with Crippen LogP contribution in [0.15, 0.2) is 12.1 Å². The van der Waals surface area contributed by atoms with Gasteiger partial charge < -0.3 is 5.73 Å². The summed E-state index contributed by atoms with van der Waals surface area (Å²) in [6.45, 7) is 3.99. The average Bonchev–Trinajstić information content (AvgIpc) is 2.13. The molecule has 0 aromatic heterocycles. The van der Waals surface area contributed by atoms with E-state index in [0.717, 1.165) is 17.5 Å². The topological polar surface area (TPSA) is 26.0 Å². The Morgan fingerprint density at radius 3 is 2.43 bits per heavy atom. The quantitative estimate of drug-likeness (QED) is 0.844. The summed E-state index contributed by atoms with van der Waals surface area (Å²) in [7, 11) is 0. The summed E-state index contributed by atoms with van der Waals surface area (Å²) in [6, 6.07) is 3.79. The fourth-order valence-electron chi connectivity index (χ4n) is 1.29. The predicted molar refractivity (Wildman–Crippen MR) is 65.7 cm³/mol. The van der Waals surface area contributed by atoms with Crippen molar-refractivity contribution in [1.29, 1.82) is 0 Å². The van der Waals surface area contributed by atoms with E-state index in [-0.39, 0.29) is 18.4 Å². The Labute approximate surface area is 101 Å². The maximum absolute atomic E-state index is 6.00. The zero-order chi connectivity index (χ0) is 10.0. The summed E-state index contributed by atoms with van der Waals surface area (Å²) >= 11 is 11.9. The fourth-order valence-corrected chi connectivity index (χ4v) is 1.67. The molecule has 1 atom stereocenters. The van der Waals surface area contributed by atoms with Crippen LogP contribution in [0.1, 0.15) is 30.5 Å².